The van der Waals surface area contributed by atoms with Crippen LogP contribution in [0.1, 0.15) is 29.2 Å². The molecule has 1 atom stereocenters. The van der Waals surface area contributed by atoms with Crippen molar-refractivity contribution in [3.05, 3.63) is 10.6 Å². The number of aromatic nitrogens is 1. The summed E-state index contributed by atoms with van der Waals surface area (Å²) < 4.78 is 0. The summed E-state index contributed by atoms with van der Waals surface area (Å²) in [7, 11) is 0. The van der Waals surface area contributed by atoms with E-state index in [1.54, 1.807) is 6.92 Å². The van der Waals surface area contributed by atoms with Crippen LogP contribution >= 0.6 is 11.3 Å². The Hall–Kier alpha value is -1.63. The molecule has 1 amide bonds. The fraction of sp³-hybridized carbons (Fsp3) is 0.500. The first kappa shape index (κ1) is 13.4. The lowest BCUT2D eigenvalue weighted by atomic mass is 10.3. The maximum atomic E-state index is 10.8. The lowest BCUT2D eigenvalue weighted by molar-refractivity contribution is -0.119. The van der Waals surface area contributed by atoms with Crippen molar-refractivity contribution in [2.45, 2.75) is 26.8 Å². The van der Waals surface area contributed by atoms with Crippen LogP contribution in [0, 0.1) is 6.92 Å². The molecule has 1 aromatic rings. The molecule has 94 valence electrons. The predicted molar refractivity (Wildman–Crippen MR) is 65.6 cm³/mol. The number of rotatable bonds is 5. The van der Waals surface area contributed by atoms with Gasteiger partial charge in [-0.2, -0.15) is 0 Å². The summed E-state index contributed by atoms with van der Waals surface area (Å²) in [4.78, 5) is 25.9. The van der Waals surface area contributed by atoms with Gasteiger partial charge < -0.3 is 15.7 Å². The van der Waals surface area contributed by atoms with Crippen LogP contribution in [0.5, 0.6) is 0 Å². The molecule has 0 aliphatic carbocycles. The molecular weight excluding hydrogens is 242 g/mol. The Morgan fingerprint density at radius 1 is 1.53 bits per heavy atom. The molecule has 3 N–H and O–H groups in total. The van der Waals surface area contributed by atoms with Crippen LogP contribution in [0.25, 0.3) is 0 Å². The zero-order valence-electron chi connectivity index (χ0n) is 9.90. The van der Waals surface area contributed by atoms with Crippen molar-refractivity contribution < 1.29 is 14.7 Å². The molecular formula is C10H15N3O3S. The topological polar surface area (TPSA) is 91.3 Å². The summed E-state index contributed by atoms with van der Waals surface area (Å²) in [5.41, 5.74) is 0.497. The third-order valence-electron chi connectivity index (χ3n) is 2.00. The van der Waals surface area contributed by atoms with Gasteiger partial charge in [0, 0.05) is 19.5 Å². The molecule has 1 rings (SSSR count). The number of aromatic carboxylic acids is 1. The molecule has 1 unspecified atom stereocenters. The number of nitrogens with zero attached hydrogens (tertiary/aromatic N) is 1. The fourth-order valence-corrected chi connectivity index (χ4v) is 2.12. The van der Waals surface area contributed by atoms with Crippen molar-refractivity contribution in [2.75, 3.05) is 11.9 Å². The largest absolute Gasteiger partial charge is 0.477 e. The zero-order valence-corrected chi connectivity index (χ0v) is 10.7. The third kappa shape index (κ3) is 4.03. The number of nitrogens with one attached hydrogen (secondary N) is 2. The smallest absolute Gasteiger partial charge is 0.347 e. The van der Waals surface area contributed by atoms with E-state index in [2.05, 4.69) is 15.6 Å². The zero-order chi connectivity index (χ0) is 13.0. The molecule has 0 saturated carbocycles. The second kappa shape index (κ2) is 5.62. The van der Waals surface area contributed by atoms with E-state index in [-0.39, 0.29) is 16.8 Å². The molecule has 0 bridgehead atoms. The molecule has 0 aromatic carbocycles. The van der Waals surface area contributed by atoms with Gasteiger partial charge in [-0.1, -0.05) is 11.3 Å². The lowest BCUT2D eigenvalue weighted by Gasteiger charge is -2.12. The Balaban J connectivity index is 2.55. The first-order chi connectivity index (χ1) is 7.90. The average Bonchev–Trinajstić information content (AvgIpc) is 2.56. The predicted octanol–water partition coefficient (Wildman–Crippen LogP) is 1.09. The van der Waals surface area contributed by atoms with Crippen molar-refractivity contribution in [2.24, 2.45) is 0 Å². The summed E-state index contributed by atoms with van der Waals surface area (Å²) in [6.07, 6.45) is 0. The number of carbonyl (C=O) groups excluding carboxylic acids is 1. The highest BCUT2D eigenvalue weighted by Crippen LogP contribution is 2.22. The molecule has 0 radical (unpaired) electrons. The van der Waals surface area contributed by atoms with Gasteiger partial charge in [-0.15, -0.1) is 0 Å². The highest BCUT2D eigenvalue weighted by molar-refractivity contribution is 7.17. The van der Waals surface area contributed by atoms with Gasteiger partial charge >= 0.3 is 5.97 Å². The number of carbonyl (C=O) groups is 2. The average molecular weight is 257 g/mol. The summed E-state index contributed by atoms with van der Waals surface area (Å²) in [5.74, 6) is -1.07. The quantitative estimate of drug-likeness (QED) is 0.734. The third-order valence-corrected chi connectivity index (χ3v) is 3.10. The Morgan fingerprint density at radius 2 is 2.18 bits per heavy atom. The normalized spacial score (nSPS) is 11.9. The molecule has 0 aliphatic rings. The SMILES string of the molecule is CC(=O)NC(C)CNc1nc(C)c(C(=O)O)s1. The van der Waals surface area contributed by atoms with Crippen LogP contribution in [0.15, 0.2) is 0 Å². The van der Waals surface area contributed by atoms with E-state index in [1.807, 2.05) is 6.92 Å². The number of hydrogen-bond acceptors (Lipinski definition) is 5. The highest BCUT2D eigenvalue weighted by atomic mass is 32.1. The van der Waals surface area contributed by atoms with Gasteiger partial charge in [-0.25, -0.2) is 9.78 Å². The van der Waals surface area contributed by atoms with Crippen molar-refractivity contribution in [3.63, 3.8) is 0 Å². The van der Waals surface area contributed by atoms with Crippen LogP contribution in [0.2, 0.25) is 0 Å². The molecule has 6 nitrogen and oxygen atoms in total. The molecule has 7 heteroatoms. The molecule has 0 aliphatic heterocycles. The van der Waals surface area contributed by atoms with Crippen LogP contribution < -0.4 is 10.6 Å². The van der Waals surface area contributed by atoms with Gasteiger partial charge in [0.2, 0.25) is 5.91 Å². The summed E-state index contributed by atoms with van der Waals surface area (Å²) >= 11 is 1.09. The van der Waals surface area contributed by atoms with Crippen LogP contribution in [-0.4, -0.2) is 34.6 Å². The van der Waals surface area contributed by atoms with Crippen molar-refractivity contribution in [1.82, 2.24) is 10.3 Å². The van der Waals surface area contributed by atoms with Gasteiger partial charge in [0.25, 0.3) is 0 Å². The number of amides is 1. The summed E-state index contributed by atoms with van der Waals surface area (Å²) in [6.45, 7) is 5.47. The summed E-state index contributed by atoms with van der Waals surface area (Å²) in [6, 6.07) is -0.0371. The van der Waals surface area contributed by atoms with E-state index >= 15 is 0 Å². The van der Waals surface area contributed by atoms with E-state index in [4.69, 9.17) is 5.11 Å². The molecule has 0 saturated heterocycles. The molecule has 0 spiro atoms. The van der Waals surface area contributed by atoms with Gasteiger partial charge in [0.05, 0.1) is 5.69 Å². The fourth-order valence-electron chi connectivity index (χ4n) is 1.31. The molecule has 0 fully saturated rings. The number of carboxylic acids is 1. The minimum atomic E-state index is -0.969. The first-order valence-corrected chi connectivity index (χ1v) is 5.93. The minimum absolute atomic E-state index is 0.0371. The van der Waals surface area contributed by atoms with E-state index in [1.165, 1.54) is 6.92 Å². The van der Waals surface area contributed by atoms with Crippen LogP contribution in [-0.2, 0) is 4.79 Å². The van der Waals surface area contributed by atoms with Crippen LogP contribution in [0.4, 0.5) is 5.13 Å². The van der Waals surface area contributed by atoms with E-state index in [0.29, 0.717) is 17.4 Å². The number of anilines is 1. The minimum Gasteiger partial charge on any atom is -0.477 e. The Morgan fingerprint density at radius 3 is 2.65 bits per heavy atom. The maximum Gasteiger partial charge on any atom is 0.347 e. The maximum absolute atomic E-state index is 10.8. The number of thiazole rings is 1. The van der Waals surface area contributed by atoms with Gasteiger partial charge in [0.15, 0.2) is 5.13 Å². The van der Waals surface area contributed by atoms with Crippen LogP contribution in [0.3, 0.4) is 0 Å². The summed E-state index contributed by atoms with van der Waals surface area (Å²) in [5, 5.41) is 15.1. The Bertz CT molecular complexity index is 430. The van der Waals surface area contributed by atoms with E-state index in [9.17, 15) is 9.59 Å². The highest BCUT2D eigenvalue weighted by Gasteiger charge is 2.14. The number of carboxylic acid groups (broad SMARTS) is 1. The second-order valence-electron chi connectivity index (χ2n) is 3.72. The molecule has 1 aromatic heterocycles. The van der Waals surface area contributed by atoms with Crippen molar-refractivity contribution >= 4 is 28.3 Å². The lowest BCUT2D eigenvalue weighted by Crippen LogP contribution is -2.35. The van der Waals surface area contributed by atoms with Crippen molar-refractivity contribution in [3.8, 4) is 0 Å². The Kier molecular flexibility index (Phi) is 4.45. The molecule has 17 heavy (non-hydrogen) atoms. The standard InChI is InChI=1S/C10H15N3O3S/c1-5(12-7(3)14)4-11-10-13-6(2)8(17-10)9(15)16/h5H,4H2,1-3H3,(H,11,13)(H,12,14)(H,15,16). The van der Waals surface area contributed by atoms with E-state index < -0.39 is 5.97 Å². The second-order valence-corrected chi connectivity index (χ2v) is 4.72. The van der Waals surface area contributed by atoms with Gasteiger partial charge in [-0.3, -0.25) is 4.79 Å². The number of aryl methyl sites for hydroxylation is 1. The van der Waals surface area contributed by atoms with Gasteiger partial charge in [0.1, 0.15) is 4.88 Å². The van der Waals surface area contributed by atoms with Crippen molar-refractivity contribution in [1.29, 1.82) is 0 Å². The Labute approximate surface area is 103 Å². The monoisotopic (exact) mass is 257 g/mol. The van der Waals surface area contributed by atoms with Gasteiger partial charge in [-0.05, 0) is 13.8 Å². The van der Waals surface area contributed by atoms with E-state index in [0.717, 1.165) is 11.3 Å². The first-order valence-electron chi connectivity index (χ1n) is 5.12. The molecule has 1 heterocycles. The number of hydrogen-bond donors (Lipinski definition) is 3.